The van der Waals surface area contributed by atoms with Crippen LogP contribution in [-0.4, -0.2) is 49.1 Å². The van der Waals surface area contributed by atoms with E-state index < -0.39 is 5.97 Å². The number of hydrogen-bond acceptors (Lipinski definition) is 5. The highest BCUT2D eigenvalue weighted by molar-refractivity contribution is 5.63. The summed E-state index contributed by atoms with van der Waals surface area (Å²) in [6.45, 7) is 9.08. The van der Waals surface area contributed by atoms with Crippen molar-refractivity contribution in [2.45, 2.75) is 20.8 Å². The average Bonchev–Trinajstić information content (AvgIpc) is 2.76. The molecule has 26 heavy (non-hydrogen) atoms. The molecule has 0 radical (unpaired) electrons. The zero-order valence-corrected chi connectivity index (χ0v) is 16.3. The molecule has 0 aromatic heterocycles. The number of carbonyl (C=O) groups is 3. The maximum atomic E-state index is 9.00. The van der Waals surface area contributed by atoms with Crippen molar-refractivity contribution in [2.24, 2.45) is 0 Å². The second-order valence-corrected chi connectivity index (χ2v) is 3.25. The molecule has 0 saturated heterocycles. The van der Waals surface area contributed by atoms with Crippen LogP contribution in [0.2, 0.25) is 0 Å². The van der Waals surface area contributed by atoms with Crippen LogP contribution in [-0.2, 0) is 14.4 Å². The third kappa shape index (κ3) is 29.2. The van der Waals surface area contributed by atoms with Gasteiger partial charge in [-0.05, 0) is 11.1 Å². The predicted molar refractivity (Wildman–Crippen MR) is 107 cm³/mol. The van der Waals surface area contributed by atoms with Crippen LogP contribution in [0.3, 0.4) is 0 Å². The van der Waals surface area contributed by atoms with Gasteiger partial charge in [-0.1, -0.05) is 74.5 Å². The lowest BCUT2D eigenvalue weighted by Gasteiger charge is -1.98. The van der Waals surface area contributed by atoms with Crippen molar-refractivity contribution < 1.29 is 29.7 Å². The number of hydrogen-bond donors (Lipinski definition) is 3. The van der Waals surface area contributed by atoms with Gasteiger partial charge in [0.25, 0.3) is 5.97 Å². The van der Waals surface area contributed by atoms with Gasteiger partial charge in [-0.15, -0.1) is 0 Å². The van der Waals surface area contributed by atoms with Crippen molar-refractivity contribution >= 4 is 19.5 Å². The van der Waals surface area contributed by atoms with E-state index in [2.05, 4.69) is 48.5 Å². The Balaban J connectivity index is -0.0000000891. The average molecular weight is 368 g/mol. The standard InChI is InChI=1S/C12H10.C2H4O2.C2H6.2CH4O.2CH2O/c1-3-7-11(8-4-1)12-9-5-2-6-10-12;1-2(3)4;5*1-2/h1-10H;1H3,(H,3,4);1-2H3;2*2H,1H3;2*1H2. The first-order chi connectivity index (χ1) is 12.7. The smallest absolute Gasteiger partial charge is 0.300 e. The monoisotopic (exact) mass is 368 g/mol. The van der Waals surface area contributed by atoms with Crippen molar-refractivity contribution in [3.63, 3.8) is 0 Å². The molecule has 148 valence electrons. The molecule has 0 spiro atoms. The maximum Gasteiger partial charge on any atom is 0.300 e. The Morgan fingerprint density at radius 2 is 0.808 bits per heavy atom. The molecule has 0 heterocycles. The highest BCUT2D eigenvalue weighted by Crippen LogP contribution is 2.17. The minimum absolute atomic E-state index is 0.833. The summed E-state index contributed by atoms with van der Waals surface area (Å²) in [6.07, 6.45) is 0. The fraction of sp³-hybridized carbons (Fsp3) is 0.250. The number of aliphatic hydroxyl groups excluding tert-OH is 2. The lowest BCUT2D eigenvalue weighted by atomic mass is 10.1. The second kappa shape index (κ2) is 38.0. The van der Waals surface area contributed by atoms with E-state index in [0.29, 0.717) is 0 Å². The fourth-order valence-corrected chi connectivity index (χ4v) is 1.26. The van der Waals surface area contributed by atoms with Gasteiger partial charge < -0.3 is 24.9 Å². The summed E-state index contributed by atoms with van der Waals surface area (Å²) in [5, 5.41) is 21.4. The minimum atomic E-state index is -0.833. The van der Waals surface area contributed by atoms with E-state index in [4.69, 9.17) is 29.7 Å². The summed E-state index contributed by atoms with van der Waals surface area (Å²) in [6, 6.07) is 20.8. The Kier molecular flexibility index (Phi) is 50.4. The number of benzene rings is 2. The molecule has 0 aliphatic rings. The van der Waals surface area contributed by atoms with Gasteiger partial charge in [0.05, 0.1) is 0 Å². The molecule has 0 fully saturated rings. The predicted octanol–water partition coefficient (Wildman–Crippen LogP) is 3.32. The van der Waals surface area contributed by atoms with E-state index >= 15 is 0 Å². The van der Waals surface area contributed by atoms with Gasteiger partial charge in [-0.2, -0.15) is 0 Å². The molecule has 0 atom stereocenters. The molecule has 0 amide bonds. The molecule has 3 N–H and O–H groups in total. The van der Waals surface area contributed by atoms with Crippen molar-refractivity contribution in [1.29, 1.82) is 0 Å². The molecule has 2 rings (SSSR count). The molecule has 0 bridgehead atoms. The van der Waals surface area contributed by atoms with Crippen LogP contribution in [0.25, 0.3) is 11.1 Å². The quantitative estimate of drug-likeness (QED) is 0.712. The minimum Gasteiger partial charge on any atom is -0.481 e. The normalized spacial score (nSPS) is 6.42. The summed E-state index contributed by atoms with van der Waals surface area (Å²) < 4.78 is 0. The van der Waals surface area contributed by atoms with Gasteiger partial charge in [0.1, 0.15) is 13.6 Å². The Labute approximate surface area is 156 Å². The van der Waals surface area contributed by atoms with Gasteiger partial charge in [0.2, 0.25) is 0 Å². The van der Waals surface area contributed by atoms with Crippen LogP contribution in [0.1, 0.15) is 20.8 Å². The van der Waals surface area contributed by atoms with Crippen LogP contribution < -0.4 is 0 Å². The number of carboxylic acids is 1. The number of carbonyl (C=O) groups excluding carboxylic acids is 2. The Morgan fingerprint density at radius 3 is 0.962 bits per heavy atom. The van der Waals surface area contributed by atoms with Gasteiger partial charge in [-0.3, -0.25) is 4.79 Å². The number of aliphatic hydroxyl groups is 2. The van der Waals surface area contributed by atoms with Gasteiger partial charge in [0.15, 0.2) is 0 Å². The van der Waals surface area contributed by atoms with E-state index in [0.717, 1.165) is 21.1 Å². The molecular formula is C20H32O6. The van der Waals surface area contributed by atoms with Crippen molar-refractivity contribution in [2.75, 3.05) is 14.2 Å². The molecule has 0 unspecified atom stereocenters. The van der Waals surface area contributed by atoms with Gasteiger partial charge >= 0.3 is 0 Å². The summed E-state index contributed by atoms with van der Waals surface area (Å²) in [5.74, 6) is -0.833. The molecule has 2 aromatic carbocycles. The Hall–Kier alpha value is -2.83. The van der Waals surface area contributed by atoms with Crippen LogP contribution in [0, 0.1) is 0 Å². The van der Waals surface area contributed by atoms with E-state index in [1.165, 1.54) is 11.1 Å². The molecule has 0 aliphatic carbocycles. The van der Waals surface area contributed by atoms with Crippen molar-refractivity contribution in [3.05, 3.63) is 60.7 Å². The molecule has 0 aliphatic heterocycles. The van der Waals surface area contributed by atoms with Gasteiger partial charge in [-0.25, -0.2) is 0 Å². The molecule has 6 nitrogen and oxygen atoms in total. The highest BCUT2D eigenvalue weighted by Gasteiger charge is 1.91. The van der Waals surface area contributed by atoms with Gasteiger partial charge in [0, 0.05) is 21.1 Å². The number of rotatable bonds is 1. The lowest BCUT2D eigenvalue weighted by molar-refractivity contribution is -0.134. The first kappa shape index (κ1) is 34.5. The van der Waals surface area contributed by atoms with Crippen LogP contribution in [0.15, 0.2) is 60.7 Å². The maximum absolute atomic E-state index is 9.00. The summed E-state index contributed by atoms with van der Waals surface area (Å²) in [5.41, 5.74) is 2.55. The largest absolute Gasteiger partial charge is 0.481 e. The van der Waals surface area contributed by atoms with Crippen molar-refractivity contribution in [1.82, 2.24) is 0 Å². The lowest BCUT2D eigenvalue weighted by Crippen LogP contribution is -1.78. The van der Waals surface area contributed by atoms with Crippen LogP contribution >= 0.6 is 0 Å². The Morgan fingerprint density at radius 1 is 0.654 bits per heavy atom. The molecule has 0 saturated carbocycles. The van der Waals surface area contributed by atoms with E-state index in [9.17, 15) is 0 Å². The zero-order chi connectivity index (χ0) is 21.8. The summed E-state index contributed by atoms with van der Waals surface area (Å²) in [4.78, 5) is 25.0. The zero-order valence-electron chi connectivity index (χ0n) is 16.3. The SMILES string of the molecule is C=O.C=O.CC.CC(=O)O.CO.CO.c1ccc(-c2ccccc2)cc1. The van der Waals surface area contributed by atoms with Crippen molar-refractivity contribution in [3.8, 4) is 11.1 Å². The first-order valence-electron chi connectivity index (χ1n) is 7.47. The van der Waals surface area contributed by atoms with E-state index in [1.807, 2.05) is 39.6 Å². The first-order valence-corrected chi connectivity index (χ1v) is 7.47. The second-order valence-electron chi connectivity index (χ2n) is 3.25. The van der Waals surface area contributed by atoms with E-state index in [-0.39, 0.29) is 0 Å². The number of aliphatic carboxylic acids is 1. The van der Waals surface area contributed by atoms with E-state index in [1.54, 1.807) is 0 Å². The Bertz CT molecular complexity index is 417. The van der Waals surface area contributed by atoms with Crippen LogP contribution in [0.5, 0.6) is 0 Å². The van der Waals surface area contributed by atoms with Crippen LogP contribution in [0.4, 0.5) is 0 Å². The third-order valence-electron chi connectivity index (χ3n) is 1.88. The summed E-state index contributed by atoms with van der Waals surface area (Å²) >= 11 is 0. The highest BCUT2D eigenvalue weighted by atomic mass is 16.4. The molecule has 6 heteroatoms. The summed E-state index contributed by atoms with van der Waals surface area (Å²) in [7, 11) is 2.00. The fourth-order valence-electron chi connectivity index (χ4n) is 1.26. The third-order valence-corrected chi connectivity index (χ3v) is 1.88. The topological polar surface area (TPSA) is 112 Å². The molecular weight excluding hydrogens is 336 g/mol. The number of carboxylic acid groups (broad SMARTS) is 1. The molecule has 2 aromatic rings.